The molecule has 232 valence electrons. The van der Waals surface area contributed by atoms with E-state index in [2.05, 4.69) is 29.7 Å². The van der Waals surface area contributed by atoms with E-state index in [0.717, 1.165) is 0 Å². The van der Waals surface area contributed by atoms with Crippen LogP contribution in [0.15, 0.2) is 72.8 Å². The van der Waals surface area contributed by atoms with E-state index < -0.39 is 33.7 Å². The maximum Gasteiger partial charge on any atom is 0.251 e. The van der Waals surface area contributed by atoms with Crippen molar-refractivity contribution in [3.8, 4) is 5.75 Å². The predicted octanol–water partition coefficient (Wildman–Crippen LogP) is 4.87. The molecule has 1 aliphatic rings. The summed E-state index contributed by atoms with van der Waals surface area (Å²) in [6, 6.07) is 19.9. The van der Waals surface area contributed by atoms with Crippen LogP contribution in [0.2, 0.25) is 0 Å². The fourth-order valence-corrected chi connectivity index (χ4v) is 5.98. The number of ether oxygens (including phenoxy) is 1. The van der Waals surface area contributed by atoms with Gasteiger partial charge in [0.05, 0.1) is 17.5 Å². The van der Waals surface area contributed by atoms with Crippen molar-refractivity contribution in [1.82, 2.24) is 5.32 Å². The third-order valence-corrected chi connectivity index (χ3v) is 8.46. The Bertz CT molecular complexity index is 1470. The second-order valence-electron chi connectivity index (χ2n) is 10.9. The molecule has 4 rings (SSSR count). The van der Waals surface area contributed by atoms with Crippen molar-refractivity contribution in [2.75, 3.05) is 28.5 Å². The molecule has 3 aromatic carbocycles. The zero-order valence-corrected chi connectivity index (χ0v) is 25.9. The molecule has 4 N–H and O–H groups in total. The van der Waals surface area contributed by atoms with E-state index in [1.54, 1.807) is 19.1 Å². The topological polar surface area (TPSA) is 131 Å². The summed E-state index contributed by atoms with van der Waals surface area (Å²) in [6.45, 7) is 7.93. The van der Waals surface area contributed by atoms with E-state index in [9.17, 15) is 22.4 Å². The minimum atomic E-state index is -3.43. The number of nitrogens with one attached hydrogen (secondary N) is 2. The quantitative estimate of drug-likeness (QED) is 0.300. The third kappa shape index (κ3) is 10.7. The molecule has 0 aliphatic carbocycles. The van der Waals surface area contributed by atoms with E-state index in [-0.39, 0.29) is 29.9 Å². The SMILES string of the molecule is CC(C)Oc1cc(C(=O)NCC(N)CC(C)C(=O)Nc2ccc(F)cc2)cc(N2CCCS2(=O)=O)c1.Cc1ccccc1. The summed E-state index contributed by atoms with van der Waals surface area (Å²) < 4.78 is 44.9. The molecule has 9 nitrogen and oxygen atoms in total. The molecule has 1 aliphatic heterocycles. The summed E-state index contributed by atoms with van der Waals surface area (Å²) in [7, 11) is -3.43. The summed E-state index contributed by atoms with van der Waals surface area (Å²) in [6.07, 6.45) is 0.657. The third-order valence-electron chi connectivity index (χ3n) is 6.59. The molecule has 1 saturated heterocycles. The maximum absolute atomic E-state index is 13.0. The summed E-state index contributed by atoms with van der Waals surface area (Å²) in [5.74, 6) is -1.08. The summed E-state index contributed by atoms with van der Waals surface area (Å²) in [5, 5.41) is 5.47. The van der Waals surface area contributed by atoms with Gasteiger partial charge in [0, 0.05) is 42.4 Å². The Kier molecular flexibility index (Phi) is 12.1. The van der Waals surface area contributed by atoms with Crippen molar-refractivity contribution in [2.24, 2.45) is 11.7 Å². The number of rotatable bonds is 10. The van der Waals surface area contributed by atoms with Crippen LogP contribution in [0.25, 0.3) is 0 Å². The molecule has 0 saturated carbocycles. The van der Waals surface area contributed by atoms with Gasteiger partial charge in [-0.25, -0.2) is 12.8 Å². The first-order valence-corrected chi connectivity index (χ1v) is 15.9. The Hall–Kier alpha value is -3.96. The van der Waals surface area contributed by atoms with Gasteiger partial charge >= 0.3 is 0 Å². The molecule has 43 heavy (non-hydrogen) atoms. The molecule has 2 amide bonds. The molecule has 0 bridgehead atoms. The lowest BCUT2D eigenvalue weighted by Gasteiger charge is -2.21. The molecule has 2 unspecified atom stereocenters. The van der Waals surface area contributed by atoms with Crippen LogP contribution in [0.1, 0.15) is 49.5 Å². The van der Waals surface area contributed by atoms with Crippen molar-refractivity contribution in [1.29, 1.82) is 0 Å². The van der Waals surface area contributed by atoms with Crippen LogP contribution < -0.4 is 25.4 Å². The lowest BCUT2D eigenvalue weighted by molar-refractivity contribution is -0.119. The molecule has 3 aromatic rings. The normalized spacial score (nSPS) is 15.2. The molecule has 1 heterocycles. The van der Waals surface area contributed by atoms with Gasteiger partial charge in [-0.3, -0.25) is 13.9 Å². The van der Waals surface area contributed by atoms with Gasteiger partial charge in [0.15, 0.2) is 0 Å². The molecule has 0 aromatic heterocycles. The van der Waals surface area contributed by atoms with Crippen molar-refractivity contribution >= 4 is 33.2 Å². The number of nitrogens with zero attached hydrogens (tertiary/aromatic N) is 1. The molecule has 11 heteroatoms. The second-order valence-corrected chi connectivity index (χ2v) is 12.9. The number of carbonyl (C=O) groups is 2. The van der Waals surface area contributed by atoms with Gasteiger partial charge in [0.2, 0.25) is 15.9 Å². The van der Waals surface area contributed by atoms with Gasteiger partial charge in [0.25, 0.3) is 5.91 Å². The molecule has 1 fully saturated rings. The minimum Gasteiger partial charge on any atom is -0.491 e. The number of carbonyl (C=O) groups excluding carboxylic acids is 2. The largest absolute Gasteiger partial charge is 0.491 e. The van der Waals surface area contributed by atoms with Crippen molar-refractivity contribution < 1.29 is 27.1 Å². The molecular weight excluding hydrogens is 571 g/mol. The highest BCUT2D eigenvalue weighted by atomic mass is 32.2. The summed E-state index contributed by atoms with van der Waals surface area (Å²) in [4.78, 5) is 25.3. The number of nitrogens with two attached hydrogens (primary N) is 1. The highest BCUT2D eigenvalue weighted by molar-refractivity contribution is 7.93. The van der Waals surface area contributed by atoms with Crippen LogP contribution in [0.3, 0.4) is 0 Å². The summed E-state index contributed by atoms with van der Waals surface area (Å²) >= 11 is 0. The zero-order valence-electron chi connectivity index (χ0n) is 25.0. The van der Waals surface area contributed by atoms with Gasteiger partial charge in [0.1, 0.15) is 11.6 Å². The zero-order chi connectivity index (χ0) is 31.6. The van der Waals surface area contributed by atoms with E-state index in [4.69, 9.17) is 10.5 Å². The average molecular weight is 613 g/mol. The highest BCUT2D eigenvalue weighted by Crippen LogP contribution is 2.30. The first kappa shape index (κ1) is 33.5. The molecular formula is C32H41FN4O5S. The van der Waals surface area contributed by atoms with Gasteiger partial charge in [-0.1, -0.05) is 42.8 Å². The van der Waals surface area contributed by atoms with Gasteiger partial charge in [-0.15, -0.1) is 0 Å². The number of benzene rings is 3. The first-order valence-electron chi connectivity index (χ1n) is 14.3. The van der Waals surface area contributed by atoms with Crippen LogP contribution in [0.5, 0.6) is 5.75 Å². The van der Waals surface area contributed by atoms with Crippen molar-refractivity contribution in [3.63, 3.8) is 0 Å². The Morgan fingerprint density at radius 3 is 2.26 bits per heavy atom. The standard InChI is InChI=1S/C25H33FN4O5S.C7H8/c1-16(2)35-23-13-18(12-22(14-23)30-9-4-10-36(30,33)34)25(32)28-15-20(27)11-17(3)24(31)29-21-7-5-19(26)6-8-21;1-7-5-3-2-4-6-7/h5-8,12-14,16-17,20H,4,9-11,15,27H2,1-3H3,(H,28,32)(H,29,31);2-6H,1H3. The van der Waals surface area contributed by atoms with Crippen LogP contribution in [0.4, 0.5) is 15.8 Å². The van der Waals surface area contributed by atoms with Crippen LogP contribution >= 0.6 is 0 Å². The maximum atomic E-state index is 13.0. The van der Waals surface area contributed by atoms with E-state index in [0.29, 0.717) is 36.5 Å². The van der Waals surface area contributed by atoms with E-state index >= 15 is 0 Å². The lowest BCUT2D eigenvalue weighted by atomic mass is 10.0. The number of anilines is 2. The fourth-order valence-electron chi connectivity index (χ4n) is 4.43. The van der Waals surface area contributed by atoms with Gasteiger partial charge < -0.3 is 21.1 Å². The first-order chi connectivity index (χ1) is 20.3. The van der Waals surface area contributed by atoms with E-state index in [1.807, 2.05) is 32.0 Å². The van der Waals surface area contributed by atoms with Crippen LogP contribution in [-0.4, -0.2) is 51.2 Å². The van der Waals surface area contributed by atoms with Crippen molar-refractivity contribution in [3.05, 3.63) is 89.7 Å². The van der Waals surface area contributed by atoms with Crippen LogP contribution in [-0.2, 0) is 14.8 Å². The lowest BCUT2D eigenvalue weighted by Crippen LogP contribution is -2.39. The van der Waals surface area contributed by atoms with E-state index in [1.165, 1.54) is 40.2 Å². The average Bonchev–Trinajstić information content (AvgIpc) is 3.32. The van der Waals surface area contributed by atoms with Gasteiger partial charge in [-0.05, 0) is 70.0 Å². The second kappa shape index (κ2) is 15.5. The summed E-state index contributed by atoms with van der Waals surface area (Å²) in [5.41, 5.74) is 8.59. The molecule has 0 radical (unpaired) electrons. The van der Waals surface area contributed by atoms with Crippen LogP contribution in [0, 0.1) is 18.7 Å². The minimum absolute atomic E-state index is 0.0611. The van der Waals surface area contributed by atoms with Crippen molar-refractivity contribution in [2.45, 2.75) is 52.7 Å². The Morgan fingerprint density at radius 2 is 1.70 bits per heavy atom. The number of amides is 2. The fraction of sp³-hybridized carbons (Fsp3) is 0.375. The number of hydrogen-bond donors (Lipinski definition) is 3. The Labute approximate surface area is 253 Å². The molecule has 2 atom stereocenters. The Morgan fingerprint density at radius 1 is 1.02 bits per heavy atom. The smallest absolute Gasteiger partial charge is 0.251 e. The monoisotopic (exact) mass is 612 g/mol. The number of halogens is 1. The Balaban J connectivity index is 0.000000633. The number of aryl methyl sites for hydroxylation is 1. The number of hydrogen-bond acceptors (Lipinski definition) is 6. The predicted molar refractivity (Wildman–Crippen MR) is 168 cm³/mol. The molecule has 0 spiro atoms. The number of sulfonamides is 1. The van der Waals surface area contributed by atoms with Gasteiger partial charge in [-0.2, -0.15) is 0 Å². The highest BCUT2D eigenvalue weighted by Gasteiger charge is 2.29.